The Morgan fingerprint density at radius 1 is 1.24 bits per heavy atom. The Kier molecular flexibility index (Phi) is 6.81. The van der Waals surface area contributed by atoms with Crippen LogP contribution >= 0.6 is 11.8 Å². The van der Waals surface area contributed by atoms with Crippen molar-refractivity contribution in [1.82, 2.24) is 4.90 Å². The van der Waals surface area contributed by atoms with E-state index in [1.165, 1.54) is 31.0 Å². The van der Waals surface area contributed by atoms with E-state index in [9.17, 15) is 19.2 Å². The van der Waals surface area contributed by atoms with Crippen molar-refractivity contribution in [2.24, 2.45) is 0 Å². The summed E-state index contributed by atoms with van der Waals surface area (Å²) in [7, 11) is 1.28. The van der Waals surface area contributed by atoms with Crippen LogP contribution in [0.15, 0.2) is 24.3 Å². The van der Waals surface area contributed by atoms with Gasteiger partial charge in [0, 0.05) is 24.5 Å². The zero-order valence-corrected chi connectivity index (χ0v) is 14.5. The molecule has 2 rings (SSSR count). The molecule has 0 saturated carbocycles. The molecule has 1 heterocycles. The Bertz CT molecular complexity index is 661. The van der Waals surface area contributed by atoms with Gasteiger partial charge in [-0.15, -0.1) is 0 Å². The van der Waals surface area contributed by atoms with E-state index in [4.69, 9.17) is 4.74 Å². The van der Waals surface area contributed by atoms with E-state index in [1.807, 2.05) is 0 Å². The standard InChI is InChI=1S/C16H18N2O6S/c1-23-15(21)11-2-4-12(5-3-11)17-13(19)10-24-14(20)6-7-18-8-9-25-16(18)22/h2-5H,6-10H2,1H3,(H,17,19). The van der Waals surface area contributed by atoms with E-state index in [1.54, 1.807) is 17.0 Å². The van der Waals surface area contributed by atoms with E-state index < -0.39 is 24.5 Å². The molecule has 0 bridgehead atoms. The van der Waals surface area contributed by atoms with Crippen LogP contribution in [-0.4, -0.2) is 60.5 Å². The molecule has 0 unspecified atom stereocenters. The zero-order chi connectivity index (χ0) is 18.2. The minimum atomic E-state index is -0.541. The van der Waals surface area contributed by atoms with Crippen molar-refractivity contribution < 1.29 is 28.7 Å². The number of carbonyl (C=O) groups excluding carboxylic acids is 4. The first-order valence-corrected chi connectivity index (χ1v) is 8.53. The lowest BCUT2D eigenvalue weighted by molar-refractivity contribution is -0.147. The van der Waals surface area contributed by atoms with Gasteiger partial charge in [-0.05, 0) is 24.3 Å². The number of nitrogens with zero attached hydrogens (tertiary/aromatic N) is 1. The van der Waals surface area contributed by atoms with Crippen LogP contribution in [0.1, 0.15) is 16.8 Å². The van der Waals surface area contributed by atoms with E-state index in [0.717, 1.165) is 5.75 Å². The monoisotopic (exact) mass is 366 g/mol. The summed E-state index contributed by atoms with van der Waals surface area (Å²) in [6.45, 7) is 0.500. The molecule has 1 N–H and O–H groups in total. The molecule has 1 aliphatic heterocycles. The third-order valence-corrected chi connectivity index (χ3v) is 4.28. The predicted octanol–water partition coefficient (Wildman–Crippen LogP) is 1.51. The Labute approximate surface area is 148 Å². The topological polar surface area (TPSA) is 102 Å². The molecule has 1 aromatic rings. The number of benzene rings is 1. The van der Waals surface area contributed by atoms with Crippen LogP contribution in [0.5, 0.6) is 0 Å². The van der Waals surface area contributed by atoms with Crippen LogP contribution in [0.25, 0.3) is 0 Å². The first kappa shape index (κ1) is 18.8. The summed E-state index contributed by atoms with van der Waals surface area (Å²) >= 11 is 1.22. The largest absolute Gasteiger partial charge is 0.465 e. The quantitative estimate of drug-likeness (QED) is 0.730. The lowest BCUT2D eigenvalue weighted by Gasteiger charge is -2.13. The minimum Gasteiger partial charge on any atom is -0.465 e. The van der Waals surface area contributed by atoms with Crippen LogP contribution in [0.3, 0.4) is 0 Å². The second-order valence-electron chi connectivity index (χ2n) is 5.13. The zero-order valence-electron chi connectivity index (χ0n) is 13.6. The van der Waals surface area contributed by atoms with Gasteiger partial charge in [-0.1, -0.05) is 11.8 Å². The Morgan fingerprint density at radius 3 is 2.56 bits per heavy atom. The summed E-state index contributed by atoms with van der Waals surface area (Å²) in [5.41, 5.74) is 0.829. The SMILES string of the molecule is COC(=O)c1ccc(NC(=O)COC(=O)CCN2CCSC2=O)cc1. The third-order valence-electron chi connectivity index (χ3n) is 3.38. The summed E-state index contributed by atoms with van der Waals surface area (Å²) in [5.74, 6) is -0.778. The fraction of sp³-hybridized carbons (Fsp3) is 0.375. The first-order chi connectivity index (χ1) is 12.0. The number of anilines is 1. The van der Waals surface area contributed by atoms with E-state index in [-0.39, 0.29) is 11.7 Å². The first-order valence-electron chi connectivity index (χ1n) is 7.55. The number of ether oxygens (including phenoxy) is 2. The number of nitrogens with one attached hydrogen (secondary N) is 1. The average molecular weight is 366 g/mol. The van der Waals surface area contributed by atoms with Gasteiger partial charge in [0.2, 0.25) is 0 Å². The minimum absolute atomic E-state index is 0.0408. The Morgan fingerprint density at radius 2 is 1.96 bits per heavy atom. The van der Waals surface area contributed by atoms with Gasteiger partial charge in [-0.25, -0.2) is 4.79 Å². The fourth-order valence-electron chi connectivity index (χ4n) is 2.08. The molecule has 1 aliphatic rings. The molecule has 1 aromatic carbocycles. The highest BCUT2D eigenvalue weighted by Gasteiger charge is 2.21. The third kappa shape index (κ3) is 5.79. The highest BCUT2D eigenvalue weighted by atomic mass is 32.2. The number of rotatable bonds is 7. The van der Waals surface area contributed by atoms with Gasteiger partial charge in [-0.3, -0.25) is 14.4 Å². The van der Waals surface area contributed by atoms with E-state index in [2.05, 4.69) is 10.1 Å². The highest BCUT2D eigenvalue weighted by molar-refractivity contribution is 8.13. The van der Waals surface area contributed by atoms with Gasteiger partial charge >= 0.3 is 11.9 Å². The fourth-order valence-corrected chi connectivity index (χ4v) is 2.93. The molecule has 0 spiro atoms. The van der Waals surface area contributed by atoms with Crippen molar-refractivity contribution in [2.75, 3.05) is 37.9 Å². The molecule has 1 fully saturated rings. The molecule has 0 radical (unpaired) electrons. The number of methoxy groups -OCH3 is 1. The number of carbonyl (C=O) groups is 4. The summed E-state index contributed by atoms with van der Waals surface area (Å²) in [4.78, 5) is 47.6. The second kappa shape index (κ2) is 9.07. The molecule has 2 amide bonds. The van der Waals surface area contributed by atoms with Gasteiger partial charge < -0.3 is 19.7 Å². The maximum absolute atomic E-state index is 11.8. The molecule has 25 heavy (non-hydrogen) atoms. The van der Waals surface area contributed by atoms with Crippen molar-refractivity contribution in [3.05, 3.63) is 29.8 Å². The lowest BCUT2D eigenvalue weighted by atomic mass is 10.2. The maximum atomic E-state index is 11.8. The Balaban J connectivity index is 1.70. The summed E-state index contributed by atoms with van der Waals surface area (Å²) < 4.78 is 9.46. The smallest absolute Gasteiger partial charge is 0.337 e. The van der Waals surface area contributed by atoms with Crippen LogP contribution in [0.4, 0.5) is 10.5 Å². The van der Waals surface area contributed by atoms with Gasteiger partial charge in [-0.2, -0.15) is 0 Å². The number of amides is 2. The maximum Gasteiger partial charge on any atom is 0.337 e. The molecule has 0 aromatic heterocycles. The molecule has 0 aliphatic carbocycles. The van der Waals surface area contributed by atoms with Gasteiger partial charge in [0.15, 0.2) is 6.61 Å². The van der Waals surface area contributed by atoms with Crippen molar-refractivity contribution in [3.63, 3.8) is 0 Å². The number of esters is 2. The predicted molar refractivity (Wildman–Crippen MR) is 91.4 cm³/mol. The van der Waals surface area contributed by atoms with Crippen molar-refractivity contribution in [2.45, 2.75) is 6.42 Å². The Hall–Kier alpha value is -2.55. The molecule has 134 valence electrons. The molecular formula is C16H18N2O6S. The van der Waals surface area contributed by atoms with Gasteiger partial charge in [0.1, 0.15) is 0 Å². The highest BCUT2D eigenvalue weighted by Crippen LogP contribution is 2.17. The molecule has 1 saturated heterocycles. The second-order valence-corrected chi connectivity index (χ2v) is 6.18. The van der Waals surface area contributed by atoms with Crippen LogP contribution in [-0.2, 0) is 19.1 Å². The van der Waals surface area contributed by atoms with Gasteiger partial charge in [0.05, 0.1) is 19.1 Å². The normalized spacial score (nSPS) is 13.5. The number of hydrogen-bond donors (Lipinski definition) is 1. The van der Waals surface area contributed by atoms with Crippen molar-refractivity contribution in [3.8, 4) is 0 Å². The summed E-state index contributed by atoms with van der Waals surface area (Å²) in [6.07, 6.45) is 0.0490. The van der Waals surface area contributed by atoms with E-state index >= 15 is 0 Å². The summed E-state index contributed by atoms with van der Waals surface area (Å²) in [5, 5.41) is 2.51. The van der Waals surface area contributed by atoms with Crippen LogP contribution in [0.2, 0.25) is 0 Å². The number of hydrogen-bond acceptors (Lipinski definition) is 7. The van der Waals surface area contributed by atoms with Gasteiger partial charge in [0.25, 0.3) is 11.1 Å². The molecule has 9 heteroatoms. The summed E-state index contributed by atoms with van der Waals surface area (Å²) in [6, 6.07) is 6.11. The van der Waals surface area contributed by atoms with Crippen LogP contribution in [0, 0.1) is 0 Å². The number of thioether (sulfide) groups is 1. The molecule has 0 atom stereocenters. The molecule has 8 nitrogen and oxygen atoms in total. The van der Waals surface area contributed by atoms with E-state index in [0.29, 0.717) is 24.3 Å². The van der Waals surface area contributed by atoms with Crippen molar-refractivity contribution >= 4 is 40.5 Å². The molecular weight excluding hydrogens is 348 g/mol. The average Bonchev–Trinajstić information content (AvgIpc) is 3.03. The van der Waals surface area contributed by atoms with Crippen LogP contribution < -0.4 is 5.32 Å². The lowest BCUT2D eigenvalue weighted by Crippen LogP contribution is -2.27. The van der Waals surface area contributed by atoms with Crippen molar-refractivity contribution in [1.29, 1.82) is 0 Å².